The monoisotopic (exact) mass is 698 g/mol. The predicted molar refractivity (Wildman–Crippen MR) is 198 cm³/mol. The summed E-state index contributed by atoms with van der Waals surface area (Å²) in [4.78, 5) is 35.8. The molecule has 8 atom stereocenters. The van der Waals surface area contributed by atoms with Gasteiger partial charge in [0.05, 0.1) is 26.4 Å². The van der Waals surface area contributed by atoms with Gasteiger partial charge in [0.2, 0.25) is 5.91 Å². The number of aliphatic hydroxyl groups excluding tert-OH is 2. The second-order valence-electron chi connectivity index (χ2n) is 15.6. The van der Waals surface area contributed by atoms with Gasteiger partial charge in [-0.05, 0) is 72.3 Å². The molecule has 274 valence electrons. The van der Waals surface area contributed by atoms with Crippen molar-refractivity contribution in [1.29, 1.82) is 0 Å². The topological polar surface area (TPSA) is 124 Å². The number of nitrogens with zero attached hydrogens (tertiary/aromatic N) is 2. The summed E-state index contributed by atoms with van der Waals surface area (Å²) in [6.45, 7) is 8.80. The number of fused-ring (bicyclic) bond motifs is 2. The van der Waals surface area contributed by atoms with E-state index in [2.05, 4.69) is 31.4 Å². The average molecular weight is 699 g/mol. The summed E-state index contributed by atoms with van der Waals surface area (Å²) in [5.41, 5.74) is 5.00. The lowest BCUT2D eigenvalue weighted by atomic mass is 9.45. The molecule has 3 saturated carbocycles. The third-order valence-electron chi connectivity index (χ3n) is 12.0. The molecule has 7 rings (SSSR count). The van der Waals surface area contributed by atoms with Crippen molar-refractivity contribution in [2.24, 2.45) is 29.1 Å². The maximum atomic E-state index is 14.2. The van der Waals surface area contributed by atoms with Gasteiger partial charge in [0, 0.05) is 55.0 Å². The van der Waals surface area contributed by atoms with E-state index in [4.69, 9.17) is 9.57 Å². The van der Waals surface area contributed by atoms with Gasteiger partial charge in [0.1, 0.15) is 17.9 Å². The molecule has 51 heavy (non-hydrogen) atoms. The van der Waals surface area contributed by atoms with Gasteiger partial charge < -0.3 is 30.5 Å². The molecule has 3 aliphatic carbocycles. The molecule has 10 nitrogen and oxygen atoms in total. The molecule has 1 heterocycles. The first kappa shape index (κ1) is 36.8. The number of nitrogens with one attached hydrogen (secondary N) is 2. The third kappa shape index (κ3) is 7.24. The molecule has 0 spiro atoms. The van der Waals surface area contributed by atoms with Crippen LogP contribution in [-0.2, 0) is 22.7 Å². The third-order valence-corrected chi connectivity index (χ3v) is 12.0. The van der Waals surface area contributed by atoms with E-state index in [1.807, 2.05) is 85.7 Å². The number of hydroxylamine groups is 2. The summed E-state index contributed by atoms with van der Waals surface area (Å²) in [6, 6.07) is 20.5. The van der Waals surface area contributed by atoms with Gasteiger partial charge in [0.25, 0.3) is 5.91 Å². The van der Waals surface area contributed by atoms with Gasteiger partial charge in [-0.2, -0.15) is 5.06 Å². The molecule has 3 aromatic rings. The van der Waals surface area contributed by atoms with Crippen LogP contribution in [0.5, 0.6) is 5.75 Å². The summed E-state index contributed by atoms with van der Waals surface area (Å²) in [5, 5.41) is 29.2. The van der Waals surface area contributed by atoms with Crippen molar-refractivity contribution < 1.29 is 29.4 Å². The number of aliphatic hydroxyl groups is 2. The minimum Gasteiger partial charge on any atom is -0.496 e. The van der Waals surface area contributed by atoms with Crippen LogP contribution in [0.3, 0.4) is 0 Å². The number of hydrogen-bond acceptors (Lipinski definition) is 8. The number of carbonyl (C=O) groups excluding carboxylic acids is 2. The summed E-state index contributed by atoms with van der Waals surface area (Å²) in [7, 11) is 5.47. The maximum Gasteiger partial charge on any atom is 0.251 e. The highest BCUT2D eigenvalue weighted by Crippen LogP contribution is 2.61. The van der Waals surface area contributed by atoms with E-state index in [1.54, 1.807) is 19.1 Å². The fourth-order valence-electron chi connectivity index (χ4n) is 8.87. The number of hydrogen-bond donors (Lipinski definition) is 4. The van der Waals surface area contributed by atoms with Crippen molar-refractivity contribution >= 4 is 17.5 Å². The number of methoxy groups -OCH3 is 1. The fraction of sp³-hybridized carbons (Fsp3) is 0.512. The number of amides is 2. The van der Waals surface area contributed by atoms with Gasteiger partial charge in [-0.25, -0.2) is 0 Å². The lowest BCUT2D eigenvalue weighted by molar-refractivity contribution is -0.183. The van der Waals surface area contributed by atoms with Gasteiger partial charge in [0.15, 0.2) is 0 Å². The van der Waals surface area contributed by atoms with Crippen LogP contribution < -0.4 is 20.3 Å². The lowest BCUT2D eigenvalue weighted by Crippen LogP contribution is -2.62. The fourth-order valence-corrected chi connectivity index (χ4v) is 8.87. The second kappa shape index (κ2) is 14.9. The zero-order chi connectivity index (χ0) is 36.6. The van der Waals surface area contributed by atoms with Crippen molar-refractivity contribution in [3.8, 4) is 16.9 Å². The molecule has 1 aliphatic heterocycles. The largest absolute Gasteiger partial charge is 0.496 e. The lowest BCUT2D eigenvalue weighted by Gasteiger charge is -2.62. The Morgan fingerprint density at radius 1 is 1.08 bits per heavy atom. The van der Waals surface area contributed by atoms with Crippen LogP contribution in [0.25, 0.3) is 11.1 Å². The highest BCUT2D eigenvalue weighted by Gasteiger charge is 2.57. The van der Waals surface area contributed by atoms with Crippen molar-refractivity contribution in [3.05, 3.63) is 83.4 Å². The van der Waals surface area contributed by atoms with Crippen LogP contribution in [0.2, 0.25) is 0 Å². The van der Waals surface area contributed by atoms with E-state index in [0.29, 0.717) is 35.6 Å². The number of rotatable bonds is 12. The van der Waals surface area contributed by atoms with E-state index >= 15 is 0 Å². The molecule has 4 aliphatic rings. The molecule has 10 heteroatoms. The highest BCUT2D eigenvalue weighted by atomic mass is 16.7. The molecule has 1 saturated heterocycles. The van der Waals surface area contributed by atoms with E-state index in [-0.39, 0.29) is 36.4 Å². The number of ether oxygens (including phenoxy) is 1. The first-order valence-corrected chi connectivity index (χ1v) is 18.2. The Labute approximate surface area is 302 Å². The van der Waals surface area contributed by atoms with Gasteiger partial charge in [-0.3, -0.25) is 14.4 Å². The Hall–Kier alpha value is -3.96. The molecule has 2 amide bonds. The molecule has 4 fully saturated rings. The van der Waals surface area contributed by atoms with Crippen LogP contribution in [0, 0.1) is 29.1 Å². The summed E-state index contributed by atoms with van der Waals surface area (Å²) in [5.74, 6) is 1.02. The molecule has 3 aromatic carbocycles. The van der Waals surface area contributed by atoms with Gasteiger partial charge in [-0.15, -0.1) is 0 Å². The summed E-state index contributed by atoms with van der Waals surface area (Å²) < 4.78 is 6.05. The first-order chi connectivity index (χ1) is 24.3. The number of para-hydroxylation sites is 1. The first-order valence-electron chi connectivity index (χ1n) is 18.2. The summed E-state index contributed by atoms with van der Waals surface area (Å²) >= 11 is 0. The molecule has 2 bridgehead atoms. The van der Waals surface area contributed by atoms with Crippen molar-refractivity contribution in [3.63, 3.8) is 0 Å². The Morgan fingerprint density at radius 3 is 2.45 bits per heavy atom. The van der Waals surface area contributed by atoms with Crippen LogP contribution in [0.15, 0.2) is 66.7 Å². The van der Waals surface area contributed by atoms with E-state index in [1.165, 1.54) is 6.42 Å². The Morgan fingerprint density at radius 2 is 1.82 bits per heavy atom. The minimum atomic E-state index is -0.896. The quantitative estimate of drug-likeness (QED) is 0.208. The van der Waals surface area contributed by atoms with Crippen molar-refractivity contribution in [2.75, 3.05) is 32.7 Å². The molecule has 0 aromatic heterocycles. The Kier molecular flexibility index (Phi) is 10.8. The Balaban J connectivity index is 1.28. The van der Waals surface area contributed by atoms with E-state index in [0.717, 1.165) is 34.4 Å². The maximum absolute atomic E-state index is 14.2. The van der Waals surface area contributed by atoms with Crippen molar-refractivity contribution in [1.82, 2.24) is 15.7 Å². The highest BCUT2D eigenvalue weighted by molar-refractivity contribution is 5.97. The second-order valence-corrected chi connectivity index (χ2v) is 15.6. The smallest absolute Gasteiger partial charge is 0.251 e. The molecular formula is C41H54N4O6. The molecular weight excluding hydrogens is 644 g/mol. The summed E-state index contributed by atoms with van der Waals surface area (Å²) in [6.07, 6.45) is 0.489. The molecule has 0 radical (unpaired) electrons. The van der Waals surface area contributed by atoms with Gasteiger partial charge >= 0.3 is 0 Å². The normalized spacial score (nSPS) is 27.3. The SMILES string of the molecule is COc1c(CN2O[C@@H](CO)[C@@H]([C@H](C)O)[C@H]2C(=O)N[C@H]2C[C@H]3C[C@H]([C@@H]2C)C3(C)C)cccc1-c1cc(C(=O)NCc2ccccc2)cc(N(C)C)c1. The van der Waals surface area contributed by atoms with Crippen LogP contribution in [0.1, 0.15) is 62.0 Å². The number of benzene rings is 3. The van der Waals surface area contributed by atoms with E-state index < -0.39 is 24.2 Å². The number of carbonyl (C=O) groups is 2. The van der Waals surface area contributed by atoms with Crippen LogP contribution in [-0.4, -0.2) is 79.2 Å². The average Bonchev–Trinajstić information content (AvgIpc) is 3.49. The van der Waals surface area contributed by atoms with Crippen LogP contribution >= 0.6 is 0 Å². The van der Waals surface area contributed by atoms with Crippen molar-refractivity contribution in [2.45, 2.75) is 77.9 Å². The standard InChI is InChI=1S/C41H54N4O6/c1-24-33-19-30(41(33,3)4)20-34(24)43-40(49)37-36(25(2)47)35(23-46)51-45(37)22-27-14-11-15-32(38(27)50-7)28-16-29(18-31(17-28)44(5)6)39(48)42-21-26-12-9-8-10-13-26/h8-18,24-25,30,33-37,46-47H,19-23H2,1-7H3,(H,42,48)(H,43,49)/t24-,25-,30+,33+,34-,35-,36+,37-/m0/s1. The zero-order valence-corrected chi connectivity index (χ0v) is 30.9. The molecule has 0 unspecified atom stereocenters. The van der Waals surface area contributed by atoms with Crippen LogP contribution in [0.4, 0.5) is 5.69 Å². The van der Waals surface area contributed by atoms with Gasteiger partial charge in [-0.1, -0.05) is 69.3 Å². The Bertz CT molecular complexity index is 1710. The molecule has 4 N–H and O–H groups in total. The van der Waals surface area contributed by atoms with E-state index in [9.17, 15) is 19.8 Å². The number of anilines is 1. The minimum absolute atomic E-state index is 0.0416. The zero-order valence-electron chi connectivity index (χ0n) is 30.9. The predicted octanol–water partition coefficient (Wildman–Crippen LogP) is 5.02.